The molecule has 0 radical (unpaired) electrons. The van der Waals surface area contributed by atoms with E-state index >= 15 is 0 Å². The molecule has 0 N–H and O–H groups in total. The maximum Gasteiger partial charge on any atom is 0.0912 e. The Kier molecular flexibility index (Phi) is 11.1. The largest absolute Gasteiger partial charge is 0.193 e. The van der Waals surface area contributed by atoms with E-state index < -0.39 is 0 Å². The second kappa shape index (κ2) is 14.4. The molecule has 0 heterocycles. The topological polar surface area (TPSA) is 23.8 Å². The van der Waals surface area contributed by atoms with Crippen molar-refractivity contribution in [1.82, 2.24) is 0 Å². The number of nitriles is 1. The van der Waals surface area contributed by atoms with Gasteiger partial charge >= 0.3 is 0 Å². The van der Waals surface area contributed by atoms with Crippen molar-refractivity contribution in [1.29, 1.82) is 5.26 Å². The molecule has 1 heteroatoms. The monoisotopic (exact) mass is 431 g/mol. The fraction of sp³-hybridized carbons (Fsp3) is 0.645. The van der Waals surface area contributed by atoms with Crippen LogP contribution in [0.1, 0.15) is 102 Å². The van der Waals surface area contributed by atoms with Gasteiger partial charge in [0.1, 0.15) is 0 Å². The van der Waals surface area contributed by atoms with Crippen LogP contribution in [0.25, 0.3) is 0 Å². The highest BCUT2D eigenvalue weighted by atomic mass is 14.4. The lowest BCUT2D eigenvalue weighted by molar-refractivity contribution is 0.140. The molecular formula is C31H45N. The first-order chi connectivity index (χ1) is 15.8. The highest BCUT2D eigenvalue weighted by Crippen LogP contribution is 2.43. The first kappa shape index (κ1) is 24.8. The minimum absolute atomic E-state index is 0.936. The van der Waals surface area contributed by atoms with Crippen LogP contribution in [0.4, 0.5) is 0 Å². The molecule has 0 amide bonds. The number of hydrogen-bond donors (Lipinski definition) is 0. The van der Waals surface area contributed by atoms with Gasteiger partial charge in [-0.1, -0.05) is 87.9 Å². The molecule has 1 aromatic carbocycles. The minimum Gasteiger partial charge on any atom is -0.193 e. The molecule has 0 aromatic heterocycles. The van der Waals surface area contributed by atoms with Gasteiger partial charge in [0.2, 0.25) is 0 Å². The number of aryl methyl sites for hydroxylation is 2. The molecule has 0 bridgehead atoms. The fourth-order valence-electron chi connectivity index (χ4n) is 6.21. The van der Waals surface area contributed by atoms with Gasteiger partial charge < -0.3 is 0 Å². The van der Waals surface area contributed by atoms with Crippen LogP contribution in [0.2, 0.25) is 0 Å². The van der Waals surface area contributed by atoms with E-state index in [2.05, 4.69) is 37.3 Å². The van der Waals surface area contributed by atoms with E-state index in [-0.39, 0.29) is 0 Å². The van der Waals surface area contributed by atoms with Crippen molar-refractivity contribution >= 4 is 0 Å². The summed E-state index contributed by atoms with van der Waals surface area (Å²) in [7, 11) is 0. The van der Waals surface area contributed by atoms with Gasteiger partial charge in [0.15, 0.2) is 0 Å². The van der Waals surface area contributed by atoms with Crippen molar-refractivity contribution in [2.75, 3.05) is 0 Å². The third-order valence-corrected chi connectivity index (χ3v) is 8.37. The molecule has 0 unspecified atom stereocenters. The fourth-order valence-corrected chi connectivity index (χ4v) is 6.21. The Hall–Kier alpha value is -1.81. The number of nitrogens with zero attached hydrogens (tertiary/aromatic N) is 1. The number of rotatable bonds is 11. The molecule has 0 aliphatic heterocycles. The van der Waals surface area contributed by atoms with Crippen LogP contribution in [0.5, 0.6) is 0 Å². The lowest BCUT2D eigenvalue weighted by atomic mass is 9.68. The SMILES string of the molecule is CCc1ccc(CCCCC2CCC(C3CCC(CC/C=C/C=C/C#N)CC3)CC2)cc1. The molecular weight excluding hydrogens is 386 g/mol. The molecule has 2 aliphatic rings. The van der Waals surface area contributed by atoms with Crippen molar-refractivity contribution < 1.29 is 0 Å². The summed E-state index contributed by atoms with van der Waals surface area (Å²) in [5.74, 6) is 3.99. The van der Waals surface area contributed by atoms with Crippen molar-refractivity contribution in [2.24, 2.45) is 23.7 Å². The first-order valence-corrected chi connectivity index (χ1v) is 13.6. The third kappa shape index (κ3) is 8.61. The second-order valence-corrected chi connectivity index (χ2v) is 10.5. The molecule has 2 fully saturated rings. The Balaban J connectivity index is 1.24. The summed E-state index contributed by atoms with van der Waals surface area (Å²) in [5.41, 5.74) is 2.98. The lowest BCUT2D eigenvalue weighted by Gasteiger charge is -2.38. The van der Waals surface area contributed by atoms with E-state index in [0.717, 1.165) is 30.1 Å². The number of hydrogen-bond acceptors (Lipinski definition) is 1. The van der Waals surface area contributed by atoms with E-state index in [1.807, 2.05) is 18.2 Å². The van der Waals surface area contributed by atoms with Gasteiger partial charge in [-0.15, -0.1) is 0 Å². The Morgan fingerprint density at radius 1 is 0.781 bits per heavy atom. The summed E-state index contributed by atoms with van der Waals surface area (Å²) in [6, 6.07) is 11.3. The zero-order valence-electron chi connectivity index (χ0n) is 20.5. The molecule has 3 rings (SSSR count). The zero-order valence-corrected chi connectivity index (χ0v) is 20.5. The third-order valence-electron chi connectivity index (χ3n) is 8.37. The highest BCUT2D eigenvalue weighted by molar-refractivity contribution is 5.22. The molecule has 0 spiro atoms. The van der Waals surface area contributed by atoms with Crippen LogP contribution < -0.4 is 0 Å². The van der Waals surface area contributed by atoms with Gasteiger partial charge in [0, 0.05) is 6.08 Å². The normalized spacial score (nSPS) is 26.5. The number of allylic oxidation sites excluding steroid dienone is 4. The predicted octanol–water partition coefficient (Wildman–Crippen LogP) is 8.99. The van der Waals surface area contributed by atoms with Crippen molar-refractivity contribution in [3.63, 3.8) is 0 Å². The Morgan fingerprint density at radius 3 is 1.97 bits per heavy atom. The van der Waals surface area contributed by atoms with Crippen LogP contribution in [0, 0.1) is 35.0 Å². The standard InChI is InChI=1S/C31H45N/c1-2-26-13-15-27(16-14-26)11-7-8-12-29-19-23-31(24-20-29)30-21-17-28(18-22-30)10-6-4-3-5-9-25-32/h3-5,9,13-16,28-31H,2,6-8,10-12,17-24H2,1H3/b4-3+,9-5+. The number of unbranched alkanes of at least 4 members (excludes halogenated alkanes) is 1. The second-order valence-electron chi connectivity index (χ2n) is 10.5. The van der Waals surface area contributed by atoms with Crippen molar-refractivity contribution in [3.8, 4) is 6.07 Å². The highest BCUT2D eigenvalue weighted by Gasteiger charge is 2.30. The van der Waals surface area contributed by atoms with E-state index in [9.17, 15) is 0 Å². The van der Waals surface area contributed by atoms with Gasteiger partial charge in [0.05, 0.1) is 6.07 Å². The molecule has 32 heavy (non-hydrogen) atoms. The molecule has 1 nitrogen and oxygen atoms in total. The van der Waals surface area contributed by atoms with Crippen molar-refractivity contribution in [2.45, 2.75) is 103 Å². The maximum absolute atomic E-state index is 8.50. The predicted molar refractivity (Wildman–Crippen MR) is 137 cm³/mol. The first-order valence-electron chi connectivity index (χ1n) is 13.6. The van der Waals surface area contributed by atoms with Crippen LogP contribution in [-0.4, -0.2) is 0 Å². The zero-order chi connectivity index (χ0) is 22.4. The summed E-state index contributed by atoms with van der Waals surface area (Å²) in [6.45, 7) is 2.23. The summed E-state index contributed by atoms with van der Waals surface area (Å²) < 4.78 is 0. The molecule has 0 saturated heterocycles. The quantitative estimate of drug-likeness (QED) is 0.195. The molecule has 1 aromatic rings. The van der Waals surface area contributed by atoms with E-state index in [1.54, 1.807) is 6.08 Å². The van der Waals surface area contributed by atoms with Gasteiger partial charge in [-0.3, -0.25) is 0 Å². The van der Waals surface area contributed by atoms with Gasteiger partial charge in [0.25, 0.3) is 0 Å². The maximum atomic E-state index is 8.50. The van der Waals surface area contributed by atoms with Crippen molar-refractivity contribution in [3.05, 3.63) is 59.7 Å². The summed E-state index contributed by atoms with van der Waals surface area (Å²) >= 11 is 0. The molecule has 2 aliphatic carbocycles. The summed E-state index contributed by atoms with van der Waals surface area (Å²) in [5, 5.41) is 8.50. The average molecular weight is 432 g/mol. The number of benzene rings is 1. The molecule has 2 saturated carbocycles. The van der Waals surface area contributed by atoms with Gasteiger partial charge in [-0.2, -0.15) is 5.26 Å². The Bertz CT molecular complexity index is 719. The van der Waals surface area contributed by atoms with E-state index in [0.29, 0.717) is 0 Å². The molecule has 174 valence electrons. The average Bonchev–Trinajstić information content (AvgIpc) is 2.85. The summed E-state index contributed by atoms with van der Waals surface area (Å²) in [6.07, 6.45) is 28.6. The van der Waals surface area contributed by atoms with Crippen LogP contribution >= 0.6 is 0 Å². The van der Waals surface area contributed by atoms with E-state index in [1.165, 1.54) is 101 Å². The van der Waals surface area contributed by atoms with Gasteiger partial charge in [-0.25, -0.2) is 0 Å². The Labute approximate surface area is 198 Å². The lowest BCUT2D eigenvalue weighted by Crippen LogP contribution is -2.25. The minimum atomic E-state index is 0.936. The van der Waals surface area contributed by atoms with E-state index in [4.69, 9.17) is 5.26 Å². The molecule has 0 atom stereocenters. The Morgan fingerprint density at radius 2 is 1.38 bits per heavy atom. The van der Waals surface area contributed by atoms with Crippen LogP contribution in [-0.2, 0) is 12.8 Å². The van der Waals surface area contributed by atoms with Crippen LogP contribution in [0.15, 0.2) is 48.6 Å². The van der Waals surface area contributed by atoms with Crippen LogP contribution in [0.3, 0.4) is 0 Å². The van der Waals surface area contributed by atoms with Gasteiger partial charge in [-0.05, 0) is 92.6 Å². The summed E-state index contributed by atoms with van der Waals surface area (Å²) in [4.78, 5) is 0. The smallest absolute Gasteiger partial charge is 0.0912 e.